The molecule has 0 saturated carbocycles. The lowest BCUT2D eigenvalue weighted by molar-refractivity contribution is -0.870. The molecule has 0 radical (unpaired) electrons. The van der Waals surface area contributed by atoms with Crippen LogP contribution in [0.25, 0.3) is 0 Å². The fourth-order valence-corrected chi connectivity index (χ4v) is 8.69. The van der Waals surface area contributed by atoms with Gasteiger partial charge in [-0.25, -0.2) is 4.57 Å². The summed E-state index contributed by atoms with van der Waals surface area (Å²) in [5.74, 6) is -0.188. The normalized spacial score (nSPS) is 14.8. The lowest BCUT2D eigenvalue weighted by atomic mass is 10.0. The highest BCUT2D eigenvalue weighted by Crippen LogP contribution is 2.43. The Labute approximate surface area is 462 Å². The molecule has 3 atom stereocenters. The molecule has 0 aliphatic carbocycles. The molecule has 3 unspecified atom stereocenters. The van der Waals surface area contributed by atoms with Gasteiger partial charge in [0.25, 0.3) is 0 Å². The summed E-state index contributed by atoms with van der Waals surface area (Å²) in [4.78, 5) is 23.2. The number of allylic oxidation sites excluding steroid dienone is 21. The van der Waals surface area contributed by atoms with E-state index >= 15 is 0 Å². The SMILES string of the molecule is CC/C=C\C/C=C\C/C=C\C/C=C\C/C=C\C/C=C\C/C=C\C/C=C\C/C=C\C/C=C\CCCCCCCCCCCCC(=O)NC(COP(=O)(O)OCC[N+](C)(C)C)C(O)/C=C/CCCCCCCCCCCC. The monoisotopic (exact) mass is 1060 g/mol. The van der Waals surface area contributed by atoms with Gasteiger partial charge < -0.3 is 19.8 Å². The fraction of sp³-hybridized carbons (Fsp3) is 0.652. The number of quaternary nitrogens is 1. The van der Waals surface area contributed by atoms with Crippen LogP contribution in [0.4, 0.5) is 0 Å². The summed E-state index contributed by atoms with van der Waals surface area (Å²) in [6.45, 7) is 4.67. The Kier molecular flexibility index (Phi) is 52.9. The predicted octanol–water partition coefficient (Wildman–Crippen LogP) is 18.7. The van der Waals surface area contributed by atoms with Gasteiger partial charge in [-0.05, 0) is 96.3 Å². The van der Waals surface area contributed by atoms with Crippen molar-refractivity contribution in [1.29, 1.82) is 0 Å². The predicted molar refractivity (Wildman–Crippen MR) is 327 cm³/mol. The number of likely N-dealkylation sites (N-methyl/N-ethyl adjacent to an activating group) is 1. The molecule has 0 rings (SSSR count). The molecule has 0 aromatic carbocycles. The lowest BCUT2D eigenvalue weighted by Gasteiger charge is -2.25. The van der Waals surface area contributed by atoms with Crippen molar-refractivity contribution in [3.05, 3.63) is 134 Å². The molecule has 0 spiro atoms. The first-order chi connectivity index (χ1) is 36.5. The lowest BCUT2D eigenvalue weighted by Crippen LogP contribution is -2.45. The number of hydrogen-bond donors (Lipinski definition) is 3. The number of hydrogen-bond acceptors (Lipinski definition) is 5. The number of carbonyl (C=O) groups excluding carboxylic acids is 1. The third-order valence-corrected chi connectivity index (χ3v) is 13.6. The average molecular weight is 1060 g/mol. The molecule has 0 bridgehead atoms. The molecule has 3 N–H and O–H groups in total. The number of unbranched alkanes of at least 4 members (excludes halogenated alkanes) is 20. The molecule has 0 aliphatic rings. The van der Waals surface area contributed by atoms with Gasteiger partial charge >= 0.3 is 7.82 Å². The Bertz CT molecular complexity index is 1680. The van der Waals surface area contributed by atoms with E-state index in [0.717, 1.165) is 109 Å². The van der Waals surface area contributed by atoms with Gasteiger partial charge in [0, 0.05) is 6.42 Å². The standard InChI is InChI=1S/C66H113N2O6P/c1-6-8-10-12-14-16-18-20-21-22-23-24-25-26-27-28-29-30-31-32-33-34-35-36-37-38-39-40-41-42-43-44-45-46-47-48-50-52-54-56-58-60-66(70)67-64(63-74-75(71,72)73-62-61-68(3,4)5)65(69)59-57-55-53-51-49-19-17-15-13-11-9-7-2/h8,10,14,16,20-21,23-24,26-27,29-30,32-33,35-36,38-39,41-42,57,59,64-65,69H,6-7,9,11-13,15,17-19,22,25,28,31,34,37,40,43-56,58,60-63H2,1-5H3,(H-,67,70,71,72)/p+1/b10-8-,16-14-,21-20-,24-23-,27-26-,30-29-,33-32-,36-35-,39-38-,42-41-,59-57+. The van der Waals surface area contributed by atoms with Gasteiger partial charge in [-0.3, -0.25) is 13.8 Å². The third-order valence-electron chi connectivity index (χ3n) is 12.6. The van der Waals surface area contributed by atoms with Gasteiger partial charge in [0.15, 0.2) is 0 Å². The van der Waals surface area contributed by atoms with E-state index < -0.39 is 20.0 Å². The van der Waals surface area contributed by atoms with Crippen LogP contribution in [0.1, 0.15) is 226 Å². The number of aliphatic hydroxyl groups excluding tert-OH is 1. The smallest absolute Gasteiger partial charge is 0.387 e. The van der Waals surface area contributed by atoms with Gasteiger partial charge in [-0.1, -0.05) is 257 Å². The van der Waals surface area contributed by atoms with E-state index in [-0.39, 0.29) is 19.1 Å². The summed E-state index contributed by atoms with van der Waals surface area (Å²) >= 11 is 0. The molecule has 0 fully saturated rings. The van der Waals surface area contributed by atoms with Crippen molar-refractivity contribution >= 4 is 13.7 Å². The van der Waals surface area contributed by atoms with Gasteiger partial charge in [0.2, 0.25) is 5.91 Å². The van der Waals surface area contributed by atoms with E-state index in [4.69, 9.17) is 9.05 Å². The van der Waals surface area contributed by atoms with E-state index in [1.807, 2.05) is 27.2 Å². The van der Waals surface area contributed by atoms with Crippen LogP contribution in [-0.2, 0) is 18.4 Å². The summed E-state index contributed by atoms with van der Waals surface area (Å²) in [5.41, 5.74) is 0. The highest BCUT2D eigenvalue weighted by Gasteiger charge is 2.27. The minimum Gasteiger partial charge on any atom is -0.387 e. The molecule has 0 aliphatic heterocycles. The first-order valence-corrected chi connectivity index (χ1v) is 31.6. The fourth-order valence-electron chi connectivity index (χ4n) is 7.95. The number of aliphatic hydroxyl groups is 1. The summed E-state index contributed by atoms with van der Waals surface area (Å²) < 4.78 is 23.6. The van der Waals surface area contributed by atoms with Crippen LogP contribution in [0.3, 0.4) is 0 Å². The van der Waals surface area contributed by atoms with E-state index in [0.29, 0.717) is 17.4 Å². The minimum absolute atomic E-state index is 0.0549. The first kappa shape index (κ1) is 71.6. The topological polar surface area (TPSA) is 105 Å². The maximum atomic E-state index is 13.0. The van der Waals surface area contributed by atoms with Crippen molar-refractivity contribution in [2.75, 3.05) is 40.9 Å². The molecular formula is C66H114N2O6P+. The number of phosphoric ester groups is 1. The molecule has 0 aromatic heterocycles. The van der Waals surface area contributed by atoms with Gasteiger partial charge in [-0.15, -0.1) is 0 Å². The van der Waals surface area contributed by atoms with Crippen molar-refractivity contribution in [3.63, 3.8) is 0 Å². The Morgan fingerprint density at radius 2 is 0.800 bits per heavy atom. The number of phosphoric acid groups is 1. The third kappa shape index (κ3) is 58.2. The van der Waals surface area contributed by atoms with Crippen molar-refractivity contribution in [2.45, 2.75) is 238 Å². The maximum Gasteiger partial charge on any atom is 0.472 e. The molecule has 9 heteroatoms. The Hall–Kier alpha value is -3.36. The summed E-state index contributed by atoms with van der Waals surface area (Å²) in [5, 5.41) is 13.9. The maximum absolute atomic E-state index is 13.0. The quantitative estimate of drug-likeness (QED) is 0.0243. The largest absolute Gasteiger partial charge is 0.472 e. The van der Waals surface area contributed by atoms with Crippen molar-refractivity contribution < 1.29 is 32.9 Å². The molecule has 8 nitrogen and oxygen atoms in total. The number of carbonyl (C=O) groups is 1. The minimum atomic E-state index is -4.35. The zero-order chi connectivity index (χ0) is 54.9. The zero-order valence-corrected chi connectivity index (χ0v) is 49.6. The second kappa shape index (κ2) is 55.4. The second-order valence-electron chi connectivity index (χ2n) is 21.0. The zero-order valence-electron chi connectivity index (χ0n) is 48.7. The summed E-state index contributed by atoms with van der Waals surface area (Å²) in [6, 6.07) is -0.856. The Balaban J connectivity index is 4.07. The molecule has 75 heavy (non-hydrogen) atoms. The average Bonchev–Trinajstić information content (AvgIpc) is 3.37. The number of nitrogens with one attached hydrogen (secondary N) is 1. The number of rotatable bonds is 53. The Morgan fingerprint density at radius 1 is 0.467 bits per heavy atom. The van der Waals surface area contributed by atoms with Crippen LogP contribution in [-0.4, -0.2) is 73.4 Å². The van der Waals surface area contributed by atoms with Gasteiger partial charge in [0.05, 0.1) is 39.9 Å². The van der Waals surface area contributed by atoms with Crippen LogP contribution < -0.4 is 5.32 Å². The van der Waals surface area contributed by atoms with E-state index in [2.05, 4.69) is 141 Å². The van der Waals surface area contributed by atoms with Crippen molar-refractivity contribution in [1.82, 2.24) is 5.32 Å². The van der Waals surface area contributed by atoms with Crippen molar-refractivity contribution in [3.8, 4) is 0 Å². The van der Waals surface area contributed by atoms with Crippen LogP contribution in [0.15, 0.2) is 134 Å². The van der Waals surface area contributed by atoms with Gasteiger partial charge in [0.1, 0.15) is 13.2 Å². The van der Waals surface area contributed by atoms with E-state index in [1.165, 1.54) is 96.3 Å². The number of amides is 1. The molecule has 428 valence electrons. The molecule has 1 amide bonds. The highest BCUT2D eigenvalue weighted by atomic mass is 31.2. The van der Waals surface area contributed by atoms with Crippen LogP contribution >= 0.6 is 7.82 Å². The molecule has 0 heterocycles. The van der Waals surface area contributed by atoms with Crippen LogP contribution in [0, 0.1) is 0 Å². The second-order valence-corrected chi connectivity index (χ2v) is 22.4. The summed E-state index contributed by atoms with van der Waals surface area (Å²) in [6.07, 6.45) is 84.2. The van der Waals surface area contributed by atoms with Gasteiger partial charge in [-0.2, -0.15) is 0 Å². The van der Waals surface area contributed by atoms with Crippen LogP contribution in [0.2, 0.25) is 0 Å². The molecule has 0 saturated heterocycles. The van der Waals surface area contributed by atoms with E-state index in [9.17, 15) is 19.4 Å². The molecular weight excluding hydrogens is 948 g/mol. The molecule has 0 aromatic rings. The van der Waals surface area contributed by atoms with E-state index in [1.54, 1.807) is 6.08 Å². The van der Waals surface area contributed by atoms with Crippen molar-refractivity contribution in [2.24, 2.45) is 0 Å². The number of nitrogens with zero attached hydrogens (tertiary/aromatic N) is 1. The van der Waals surface area contributed by atoms with Crippen LogP contribution in [0.5, 0.6) is 0 Å². The summed E-state index contributed by atoms with van der Waals surface area (Å²) in [7, 11) is 1.55. The Morgan fingerprint density at radius 3 is 1.17 bits per heavy atom. The highest BCUT2D eigenvalue weighted by molar-refractivity contribution is 7.47. The first-order valence-electron chi connectivity index (χ1n) is 30.1.